The van der Waals surface area contributed by atoms with Gasteiger partial charge >= 0.3 is 37.7 Å². The topological polar surface area (TPSA) is 124 Å². The summed E-state index contributed by atoms with van der Waals surface area (Å²) >= 11 is 0. The normalized spacial score (nSPS) is 5.33. The van der Waals surface area contributed by atoms with Crippen molar-refractivity contribution in [3.05, 3.63) is 0 Å². The predicted octanol–water partition coefficient (Wildman–Crippen LogP) is -3.94. The Morgan fingerprint density at radius 2 is 1.11 bits per heavy atom. The van der Waals surface area contributed by atoms with Gasteiger partial charge < -0.3 is 30.0 Å². The fraction of sp³-hybridized carbons (Fsp3) is 0. The molecule has 1 N–H and O–H groups in total. The molecule has 9 heavy (non-hydrogen) atoms. The van der Waals surface area contributed by atoms with Crippen LogP contribution in [0.4, 0.5) is 9.59 Å². The average molecular weight is 161 g/mol. The Balaban J connectivity index is -0.0000000720. The zero-order valence-electron chi connectivity index (χ0n) is 4.20. The van der Waals surface area contributed by atoms with Gasteiger partial charge in [0, 0.05) is 0 Å². The van der Waals surface area contributed by atoms with Crippen LogP contribution in [0.25, 0.3) is 0 Å². The minimum absolute atomic E-state index is 0. The van der Waals surface area contributed by atoms with Crippen LogP contribution in [0.5, 0.6) is 0 Å². The minimum atomic E-state index is -2.33. The van der Waals surface area contributed by atoms with Gasteiger partial charge in [-0.1, -0.05) is 0 Å². The summed E-state index contributed by atoms with van der Waals surface area (Å²) in [5.41, 5.74) is 0. The second-order valence-electron chi connectivity index (χ2n) is 0.516. The quantitative estimate of drug-likeness (QED) is 0.361. The number of hydrogen-bond donors (Lipinski definition) is 1. The number of carbonyl (C=O) groups excluding carboxylic acids is 1. The summed E-state index contributed by atoms with van der Waals surface area (Å²) in [5, 5.41) is 32.0. The monoisotopic (exact) mass is 161 g/mol. The molecule has 0 fully saturated rings. The smallest absolute Gasteiger partial charge is 0.652 e. The maximum absolute atomic E-state index is 8.44. The van der Waals surface area contributed by atoms with Gasteiger partial charge in [0.2, 0.25) is 6.16 Å². The molecule has 0 aromatic carbocycles. The van der Waals surface area contributed by atoms with Gasteiger partial charge in [-0.15, -0.1) is 0 Å². The van der Waals surface area contributed by atoms with Crippen LogP contribution in [0, 0.1) is 0 Å². The molecule has 6 nitrogen and oxygen atoms in total. The molecule has 0 radical (unpaired) electrons. The summed E-state index contributed by atoms with van der Waals surface area (Å²) in [6.07, 6.45) is -4.42. The fourth-order valence-electron chi connectivity index (χ4n) is 0. The summed E-state index contributed by atoms with van der Waals surface area (Å²) < 4.78 is 0. The maximum Gasteiger partial charge on any atom is 2.00 e. The van der Waals surface area contributed by atoms with Crippen LogP contribution in [0.3, 0.4) is 0 Å². The Labute approximate surface area is 79.7 Å². The third-order valence-electron chi connectivity index (χ3n) is 0. The molecule has 0 saturated carbocycles. The molecule has 0 saturated heterocycles. The number of rotatable bonds is 0. The van der Waals surface area contributed by atoms with Crippen molar-refractivity contribution in [1.29, 1.82) is 0 Å². The van der Waals surface area contributed by atoms with Crippen molar-refractivity contribution in [3.8, 4) is 0 Å². The van der Waals surface area contributed by atoms with Gasteiger partial charge in [0.25, 0.3) is 0 Å². The molecule has 0 aliphatic rings. The van der Waals surface area contributed by atoms with Gasteiger partial charge in [-0.2, -0.15) is 0 Å². The van der Waals surface area contributed by atoms with Crippen LogP contribution in [0.15, 0.2) is 0 Å². The van der Waals surface area contributed by atoms with Gasteiger partial charge in [0.15, 0.2) is 0 Å². The van der Waals surface area contributed by atoms with Crippen molar-refractivity contribution in [2.75, 3.05) is 0 Å². The molecule has 0 unspecified atom stereocenters. The molecule has 0 aliphatic carbocycles. The predicted molar refractivity (Wildman–Crippen MR) is 19.2 cm³/mol. The van der Waals surface area contributed by atoms with E-state index in [1.165, 1.54) is 0 Å². The molecule has 7 heteroatoms. The molecule has 0 rings (SSSR count). The van der Waals surface area contributed by atoms with Crippen LogP contribution in [0.1, 0.15) is 0 Å². The van der Waals surface area contributed by atoms with Crippen LogP contribution in [-0.4, -0.2) is 55.2 Å². The van der Waals surface area contributed by atoms with Gasteiger partial charge in [0.1, 0.15) is 0 Å². The first-order valence-electron chi connectivity index (χ1n) is 1.24. The van der Waals surface area contributed by atoms with Crippen LogP contribution < -0.4 is 15.3 Å². The van der Waals surface area contributed by atoms with E-state index in [0.29, 0.717) is 0 Å². The van der Waals surface area contributed by atoms with Gasteiger partial charge in [-0.3, -0.25) is 0 Å². The van der Waals surface area contributed by atoms with Crippen molar-refractivity contribution < 1.29 is 30.0 Å². The average Bonchev–Trinajstić information content (AvgIpc) is 1.25. The van der Waals surface area contributed by atoms with E-state index in [9.17, 15) is 0 Å². The second kappa shape index (κ2) is 10.7. The maximum atomic E-state index is 8.44. The third-order valence-corrected chi connectivity index (χ3v) is 0. The largest absolute Gasteiger partial charge is 2.00 e. The van der Waals surface area contributed by atoms with Gasteiger partial charge in [-0.25, -0.2) is 0 Å². The molecule has 0 aromatic heterocycles. The summed E-state index contributed by atoms with van der Waals surface area (Å²) in [6.45, 7) is 0. The number of carboxylic acid groups (broad SMARTS) is 4. The molecule has 0 spiro atoms. The van der Waals surface area contributed by atoms with E-state index in [2.05, 4.69) is 0 Å². The molecular weight excluding hydrogens is 160 g/mol. The van der Waals surface area contributed by atoms with E-state index in [-0.39, 0.29) is 37.7 Å². The van der Waals surface area contributed by atoms with Gasteiger partial charge in [-0.05, 0) is 6.16 Å². The molecule has 0 aromatic rings. The van der Waals surface area contributed by atoms with E-state index in [1.807, 2.05) is 0 Å². The first-order valence-corrected chi connectivity index (χ1v) is 1.24. The first kappa shape index (κ1) is 15.9. The third kappa shape index (κ3) is 6540. The molecule has 0 amide bonds. The Hall–Kier alpha value is -0.200. The molecule has 48 valence electrons. The number of carbonyl (C=O) groups is 2. The van der Waals surface area contributed by atoms with E-state index >= 15 is 0 Å². The number of hydrogen-bond acceptors (Lipinski definition) is 5. The Morgan fingerprint density at radius 3 is 1.11 bits per heavy atom. The van der Waals surface area contributed by atoms with E-state index < -0.39 is 12.3 Å². The summed E-state index contributed by atoms with van der Waals surface area (Å²) in [5.74, 6) is 0. The minimum Gasteiger partial charge on any atom is -0.652 e. The van der Waals surface area contributed by atoms with E-state index in [1.54, 1.807) is 0 Å². The Bertz CT molecular complexity index is 69.1. The first-order chi connectivity index (χ1) is 3.46. The van der Waals surface area contributed by atoms with Crippen molar-refractivity contribution in [3.63, 3.8) is 0 Å². The zero-order valence-corrected chi connectivity index (χ0v) is 6.40. The van der Waals surface area contributed by atoms with Crippen LogP contribution >= 0.6 is 0 Å². The van der Waals surface area contributed by atoms with Crippen molar-refractivity contribution in [2.24, 2.45) is 0 Å². The molecule has 0 bridgehead atoms. The second-order valence-corrected chi connectivity index (χ2v) is 0.516. The van der Waals surface area contributed by atoms with E-state index in [0.717, 1.165) is 0 Å². The SMILES string of the molecule is O=C([O-])O.O=C([O-])[O-].[Ca+2]. The van der Waals surface area contributed by atoms with Crippen molar-refractivity contribution in [2.45, 2.75) is 0 Å². The summed E-state index contributed by atoms with van der Waals surface area (Å²) in [4.78, 5) is 16.8. The molecule has 0 atom stereocenters. The Morgan fingerprint density at radius 1 is 1.11 bits per heavy atom. The molecule has 0 heterocycles. The summed E-state index contributed by atoms with van der Waals surface area (Å²) in [7, 11) is 0. The van der Waals surface area contributed by atoms with Gasteiger partial charge in [0.05, 0.1) is 0 Å². The molecule has 0 aliphatic heterocycles. The van der Waals surface area contributed by atoms with Crippen LogP contribution in [-0.2, 0) is 0 Å². The van der Waals surface area contributed by atoms with Crippen molar-refractivity contribution >= 4 is 50.0 Å². The fourth-order valence-corrected chi connectivity index (χ4v) is 0. The van der Waals surface area contributed by atoms with E-state index in [4.69, 9.17) is 30.0 Å². The van der Waals surface area contributed by atoms with Crippen LogP contribution in [0.2, 0.25) is 0 Å². The Kier molecular flexibility index (Phi) is 19.0. The zero-order chi connectivity index (χ0) is 7.15. The molecular formula is C2HCaO6-. The summed E-state index contributed by atoms with van der Waals surface area (Å²) in [6, 6.07) is 0. The van der Waals surface area contributed by atoms with Crippen molar-refractivity contribution in [1.82, 2.24) is 0 Å². The standard InChI is InChI=1S/2CH2O3.Ca/c2*2-1(3)4;/h2*(H2,2,3,4);/q;;+2/p-3.